The number of benzene rings is 3. The lowest BCUT2D eigenvalue weighted by Crippen LogP contribution is -2.55. The zero-order chi connectivity index (χ0) is 29.2. The van der Waals surface area contributed by atoms with Crippen molar-refractivity contribution in [3.63, 3.8) is 0 Å². The Morgan fingerprint density at radius 2 is 1.68 bits per heavy atom. The lowest BCUT2D eigenvalue weighted by molar-refractivity contribution is -0.141. The average Bonchev–Trinajstić information content (AvgIpc) is 2.97. The van der Waals surface area contributed by atoms with E-state index in [1.165, 1.54) is 11.0 Å². The van der Waals surface area contributed by atoms with Crippen LogP contribution >= 0.6 is 23.2 Å². The molecule has 0 aliphatic carbocycles. The van der Waals surface area contributed by atoms with Gasteiger partial charge in [0.15, 0.2) is 11.6 Å². The minimum atomic E-state index is -1.03. The number of morpholine rings is 1. The normalized spacial score (nSPS) is 21.1. The summed E-state index contributed by atoms with van der Waals surface area (Å²) in [5.74, 6) is -2.44. The Morgan fingerprint density at radius 3 is 2.34 bits per heavy atom. The van der Waals surface area contributed by atoms with Crippen LogP contribution in [-0.4, -0.2) is 49.5 Å². The summed E-state index contributed by atoms with van der Waals surface area (Å²) in [7, 11) is 0. The fourth-order valence-corrected chi connectivity index (χ4v) is 6.18. The highest BCUT2D eigenvalue weighted by Crippen LogP contribution is 2.40. The number of rotatable bonds is 7. The summed E-state index contributed by atoms with van der Waals surface area (Å²) in [5.41, 5.74) is 0.655. The molecule has 3 aromatic carbocycles. The Kier molecular flexibility index (Phi) is 8.66. The van der Waals surface area contributed by atoms with Gasteiger partial charge < -0.3 is 19.9 Å². The zero-order valence-electron chi connectivity index (χ0n) is 22.6. The minimum Gasteiger partial charge on any atom is -0.359 e. The van der Waals surface area contributed by atoms with Crippen LogP contribution in [0.1, 0.15) is 37.3 Å². The molecule has 1 atom stereocenters. The molecule has 0 radical (unpaired) electrons. The van der Waals surface area contributed by atoms with Crippen molar-refractivity contribution >= 4 is 40.7 Å². The third-order valence-corrected chi connectivity index (χ3v) is 8.87. The van der Waals surface area contributed by atoms with Gasteiger partial charge in [0.1, 0.15) is 12.2 Å². The first-order chi connectivity index (χ1) is 19.6. The van der Waals surface area contributed by atoms with E-state index in [1.54, 1.807) is 19.1 Å². The molecule has 2 saturated heterocycles. The van der Waals surface area contributed by atoms with Gasteiger partial charge in [0, 0.05) is 38.3 Å². The van der Waals surface area contributed by atoms with Gasteiger partial charge in [-0.05, 0) is 54.7 Å². The van der Waals surface area contributed by atoms with E-state index in [2.05, 4.69) is 10.2 Å². The number of likely N-dealkylation sites (tertiary alicyclic amines) is 1. The van der Waals surface area contributed by atoms with Gasteiger partial charge in [-0.15, -0.1) is 0 Å². The van der Waals surface area contributed by atoms with Crippen LogP contribution in [0.4, 0.5) is 14.5 Å². The molecule has 216 valence electrons. The monoisotopic (exact) mass is 601 g/mol. The van der Waals surface area contributed by atoms with Gasteiger partial charge in [0.05, 0.1) is 22.1 Å². The summed E-state index contributed by atoms with van der Waals surface area (Å²) in [6.07, 6.45) is 1.96. The highest BCUT2D eigenvalue weighted by molar-refractivity contribution is 6.42. The summed E-state index contributed by atoms with van der Waals surface area (Å²) < 4.78 is 34.1. The van der Waals surface area contributed by atoms with Crippen LogP contribution in [0.15, 0.2) is 66.7 Å². The van der Waals surface area contributed by atoms with E-state index in [-0.39, 0.29) is 30.7 Å². The van der Waals surface area contributed by atoms with Crippen molar-refractivity contribution in [1.29, 1.82) is 0 Å². The Labute approximate surface area is 248 Å². The van der Waals surface area contributed by atoms with Crippen molar-refractivity contribution in [3.8, 4) is 0 Å². The Balaban J connectivity index is 1.38. The molecular weight excluding hydrogens is 571 g/mol. The van der Waals surface area contributed by atoms with E-state index in [0.717, 1.165) is 49.2 Å². The van der Waals surface area contributed by atoms with Gasteiger partial charge in [-0.1, -0.05) is 59.6 Å². The van der Waals surface area contributed by atoms with Crippen LogP contribution < -0.4 is 10.2 Å². The molecular formula is C31H31Cl2F2N3O3. The molecule has 0 saturated carbocycles. The van der Waals surface area contributed by atoms with Crippen molar-refractivity contribution in [1.82, 2.24) is 10.2 Å². The molecule has 1 unspecified atom stereocenters. The molecule has 2 heterocycles. The first-order valence-corrected chi connectivity index (χ1v) is 14.3. The Hall–Kier alpha value is -3.04. The van der Waals surface area contributed by atoms with E-state index < -0.39 is 22.8 Å². The van der Waals surface area contributed by atoms with Gasteiger partial charge in [-0.2, -0.15) is 0 Å². The fraction of sp³-hybridized carbons (Fsp3) is 0.355. The average molecular weight is 603 g/mol. The Morgan fingerprint density at radius 1 is 0.951 bits per heavy atom. The summed E-state index contributed by atoms with van der Waals surface area (Å²) in [5, 5.41) is 3.94. The number of halogens is 4. The molecule has 10 heteroatoms. The van der Waals surface area contributed by atoms with Crippen molar-refractivity contribution in [2.24, 2.45) is 0 Å². The highest BCUT2D eigenvalue weighted by atomic mass is 35.5. The molecule has 6 nitrogen and oxygen atoms in total. The Bertz CT molecular complexity index is 1430. The van der Waals surface area contributed by atoms with Crippen molar-refractivity contribution in [3.05, 3.63) is 99.5 Å². The largest absolute Gasteiger partial charge is 0.359 e. The van der Waals surface area contributed by atoms with Crippen molar-refractivity contribution < 1.29 is 23.1 Å². The van der Waals surface area contributed by atoms with Crippen LogP contribution in [0.25, 0.3) is 0 Å². The van der Waals surface area contributed by atoms with Gasteiger partial charge in [0.25, 0.3) is 5.91 Å². The van der Waals surface area contributed by atoms with E-state index in [9.17, 15) is 18.4 Å². The third-order valence-electron chi connectivity index (χ3n) is 8.13. The number of nitrogens with zero attached hydrogens (tertiary/aromatic N) is 2. The maximum absolute atomic E-state index is 14.1. The number of carbonyl (C=O) groups excluding carboxylic acids is 2. The van der Waals surface area contributed by atoms with Crippen LogP contribution in [0.2, 0.25) is 10.0 Å². The van der Waals surface area contributed by atoms with Crippen molar-refractivity contribution in [2.75, 3.05) is 37.7 Å². The van der Waals surface area contributed by atoms with Crippen LogP contribution in [0.3, 0.4) is 0 Å². The standard InChI is InChI=1S/C31H31Cl2F2N3O3/c1-21(39)36-30(22-5-3-2-4-6-22)11-14-37(15-12-30)16-13-31(23-7-9-25(32)26(33)17-23)20-38(29(40)19-41-31)24-8-10-27(34)28(35)18-24/h2-10,17-18H,11-16,19-20H2,1H3,(H,36,39). The quantitative estimate of drug-likeness (QED) is 0.358. The third kappa shape index (κ3) is 6.26. The number of amides is 2. The molecule has 3 aromatic rings. The van der Waals surface area contributed by atoms with Gasteiger partial charge in [-0.25, -0.2) is 8.78 Å². The second-order valence-corrected chi connectivity index (χ2v) is 11.5. The predicted octanol–water partition coefficient (Wildman–Crippen LogP) is 6.05. The fourth-order valence-electron chi connectivity index (χ4n) is 5.88. The second-order valence-electron chi connectivity index (χ2n) is 10.7. The molecule has 2 aliphatic heterocycles. The van der Waals surface area contributed by atoms with Gasteiger partial charge in [0.2, 0.25) is 5.91 Å². The molecule has 0 spiro atoms. The summed E-state index contributed by atoms with van der Waals surface area (Å²) >= 11 is 12.6. The molecule has 2 amide bonds. The van der Waals surface area contributed by atoms with E-state index in [1.807, 2.05) is 36.4 Å². The zero-order valence-corrected chi connectivity index (χ0v) is 24.2. The molecule has 5 rings (SSSR count). The number of hydrogen-bond acceptors (Lipinski definition) is 4. The molecule has 2 aliphatic rings. The van der Waals surface area contributed by atoms with Crippen molar-refractivity contribution in [2.45, 2.75) is 37.3 Å². The highest BCUT2D eigenvalue weighted by Gasteiger charge is 2.43. The SMILES string of the molecule is CC(=O)NC1(c2ccccc2)CCN(CCC2(c3ccc(Cl)c(Cl)c3)CN(c3ccc(F)c(F)c3)C(=O)CO2)CC1. The first kappa shape index (κ1) is 29.5. The van der Waals surface area contributed by atoms with E-state index in [0.29, 0.717) is 23.0 Å². The van der Waals surface area contributed by atoms with Gasteiger partial charge in [-0.3, -0.25) is 9.59 Å². The lowest BCUT2D eigenvalue weighted by Gasteiger charge is -2.46. The molecule has 2 fully saturated rings. The summed E-state index contributed by atoms with van der Waals surface area (Å²) in [6, 6.07) is 18.7. The number of hydrogen-bond donors (Lipinski definition) is 1. The molecule has 41 heavy (non-hydrogen) atoms. The number of anilines is 1. The topological polar surface area (TPSA) is 61.9 Å². The maximum atomic E-state index is 14.1. The van der Waals surface area contributed by atoms with Crippen LogP contribution in [0, 0.1) is 11.6 Å². The molecule has 1 N–H and O–H groups in total. The summed E-state index contributed by atoms with van der Waals surface area (Å²) in [4.78, 5) is 28.8. The second kappa shape index (κ2) is 12.1. The molecule has 0 bridgehead atoms. The number of nitrogens with one attached hydrogen (secondary N) is 1. The number of piperidine rings is 1. The minimum absolute atomic E-state index is 0.0709. The van der Waals surface area contributed by atoms with Crippen LogP contribution in [-0.2, 0) is 25.5 Å². The number of ether oxygens (including phenoxy) is 1. The predicted molar refractivity (Wildman–Crippen MR) is 155 cm³/mol. The number of carbonyl (C=O) groups is 2. The summed E-state index contributed by atoms with van der Waals surface area (Å²) in [6.45, 7) is 3.49. The lowest BCUT2D eigenvalue weighted by atomic mass is 9.80. The maximum Gasteiger partial charge on any atom is 0.253 e. The molecule has 0 aromatic heterocycles. The van der Waals surface area contributed by atoms with E-state index in [4.69, 9.17) is 27.9 Å². The smallest absolute Gasteiger partial charge is 0.253 e. The van der Waals surface area contributed by atoms with Gasteiger partial charge >= 0.3 is 0 Å². The first-order valence-electron chi connectivity index (χ1n) is 13.5. The van der Waals surface area contributed by atoms with E-state index >= 15 is 0 Å². The van der Waals surface area contributed by atoms with Crippen LogP contribution in [0.5, 0.6) is 0 Å².